The lowest BCUT2D eigenvalue weighted by atomic mass is 9.94. The van der Waals surface area contributed by atoms with Gasteiger partial charge in [-0.3, -0.25) is 9.69 Å². The van der Waals surface area contributed by atoms with Crippen molar-refractivity contribution in [1.29, 1.82) is 0 Å². The average molecular weight is 475 g/mol. The van der Waals surface area contributed by atoms with Gasteiger partial charge in [0.05, 0.1) is 16.2 Å². The largest absolute Gasteiger partial charge is 0.478 e. The van der Waals surface area contributed by atoms with Gasteiger partial charge in [-0.1, -0.05) is 54.6 Å². The summed E-state index contributed by atoms with van der Waals surface area (Å²) in [5.74, 6) is -1.12. The molecule has 0 spiro atoms. The Morgan fingerprint density at radius 3 is 2.61 bits per heavy atom. The van der Waals surface area contributed by atoms with Crippen molar-refractivity contribution in [1.82, 2.24) is 4.90 Å². The van der Waals surface area contributed by atoms with Gasteiger partial charge in [0.25, 0.3) is 5.91 Å². The molecule has 0 atom stereocenters. The number of carboxylic acid groups (broad SMARTS) is 1. The van der Waals surface area contributed by atoms with Crippen LogP contribution in [0.3, 0.4) is 0 Å². The summed E-state index contributed by atoms with van der Waals surface area (Å²) in [5, 5.41) is 10.8. The second-order valence-electron chi connectivity index (χ2n) is 7.49. The number of halogens is 2. The van der Waals surface area contributed by atoms with Crippen LogP contribution in [0.5, 0.6) is 0 Å². The molecular weight excluding hydrogens is 455 g/mol. The number of hydrogen-bond donors (Lipinski definition) is 1. The summed E-state index contributed by atoms with van der Waals surface area (Å²) in [6.45, 7) is 0. The van der Waals surface area contributed by atoms with E-state index in [1.807, 2.05) is 0 Å². The molecule has 1 saturated carbocycles. The molecule has 8 heteroatoms. The highest BCUT2D eigenvalue weighted by Crippen LogP contribution is 2.39. The average Bonchev–Trinajstić information content (AvgIpc) is 3.05. The van der Waals surface area contributed by atoms with Gasteiger partial charge in [0.2, 0.25) is 0 Å². The van der Waals surface area contributed by atoms with Crippen molar-refractivity contribution >= 4 is 63.8 Å². The fraction of sp³-hybridized carbons (Fsp3) is 0.261. The molecule has 1 saturated heterocycles. The van der Waals surface area contributed by atoms with E-state index in [1.54, 1.807) is 41.3 Å². The summed E-state index contributed by atoms with van der Waals surface area (Å²) in [6.07, 6.45) is 6.93. The van der Waals surface area contributed by atoms with E-state index >= 15 is 0 Å². The van der Waals surface area contributed by atoms with Crippen molar-refractivity contribution < 1.29 is 14.7 Å². The molecule has 4 rings (SSSR count). The minimum absolute atomic E-state index is 0.0850. The lowest BCUT2D eigenvalue weighted by Gasteiger charge is -2.30. The first-order valence-electron chi connectivity index (χ1n) is 10.0. The van der Waals surface area contributed by atoms with Crippen molar-refractivity contribution in [3.8, 4) is 0 Å². The van der Waals surface area contributed by atoms with Crippen LogP contribution < -0.4 is 0 Å². The summed E-state index contributed by atoms with van der Waals surface area (Å²) in [7, 11) is 0. The number of amides is 1. The Kier molecular flexibility index (Phi) is 6.70. The number of carbonyl (C=O) groups is 2. The van der Waals surface area contributed by atoms with Crippen LogP contribution in [0.4, 0.5) is 5.69 Å². The first-order valence-corrected chi connectivity index (χ1v) is 11.6. The molecule has 0 aromatic heterocycles. The smallest absolute Gasteiger partial charge is 0.335 e. The van der Waals surface area contributed by atoms with Gasteiger partial charge < -0.3 is 5.11 Å². The van der Waals surface area contributed by atoms with Gasteiger partial charge in [-0.25, -0.2) is 9.79 Å². The molecule has 5 nitrogen and oxygen atoms in total. The molecular formula is C23H20Cl2N2O3S. The summed E-state index contributed by atoms with van der Waals surface area (Å²) in [5.41, 5.74) is 1.37. The maximum atomic E-state index is 13.4. The first kappa shape index (κ1) is 21.9. The molecule has 2 fully saturated rings. The Balaban J connectivity index is 1.73. The maximum absolute atomic E-state index is 13.4. The highest BCUT2D eigenvalue weighted by atomic mass is 35.5. The SMILES string of the molecule is O=C(O)c1cccc(N=C2S/C(=C\c3ccc(Cl)cc3Cl)C(=O)N2C2CCCCC2)c1. The van der Waals surface area contributed by atoms with Gasteiger partial charge >= 0.3 is 5.97 Å². The van der Waals surface area contributed by atoms with Crippen LogP contribution in [0, 0.1) is 0 Å². The fourth-order valence-electron chi connectivity index (χ4n) is 3.80. The zero-order chi connectivity index (χ0) is 22.0. The summed E-state index contributed by atoms with van der Waals surface area (Å²) in [4.78, 5) is 31.6. The Hall–Kier alpha value is -2.28. The van der Waals surface area contributed by atoms with E-state index in [-0.39, 0.29) is 17.5 Å². The van der Waals surface area contributed by atoms with Crippen molar-refractivity contribution in [2.24, 2.45) is 4.99 Å². The van der Waals surface area contributed by atoms with Crippen LogP contribution in [0.1, 0.15) is 48.0 Å². The zero-order valence-corrected chi connectivity index (χ0v) is 18.9. The second kappa shape index (κ2) is 9.47. The van der Waals surface area contributed by atoms with Gasteiger partial charge in [-0.15, -0.1) is 0 Å². The number of hydrogen-bond acceptors (Lipinski definition) is 4. The van der Waals surface area contributed by atoms with E-state index < -0.39 is 5.97 Å². The van der Waals surface area contributed by atoms with E-state index in [1.165, 1.54) is 30.3 Å². The molecule has 0 radical (unpaired) electrons. The lowest BCUT2D eigenvalue weighted by Crippen LogP contribution is -2.40. The van der Waals surface area contributed by atoms with Gasteiger partial charge in [0.1, 0.15) is 0 Å². The Bertz CT molecular complexity index is 1090. The first-order chi connectivity index (χ1) is 14.9. The molecule has 2 aromatic rings. The van der Waals surface area contributed by atoms with Crippen LogP contribution in [0.15, 0.2) is 52.4 Å². The normalized spacial score (nSPS) is 20.1. The quantitative estimate of drug-likeness (QED) is 0.504. The predicted molar refractivity (Wildman–Crippen MR) is 126 cm³/mol. The number of thioether (sulfide) groups is 1. The lowest BCUT2D eigenvalue weighted by molar-refractivity contribution is -0.124. The Labute approximate surface area is 194 Å². The van der Waals surface area contributed by atoms with Crippen molar-refractivity contribution in [3.05, 3.63) is 68.5 Å². The predicted octanol–water partition coefficient (Wildman–Crippen LogP) is 6.63. The third kappa shape index (κ3) is 4.97. The summed E-state index contributed by atoms with van der Waals surface area (Å²) in [6, 6.07) is 11.7. The molecule has 160 valence electrons. The van der Waals surface area contributed by atoms with E-state index in [0.717, 1.165) is 25.7 Å². The monoisotopic (exact) mass is 474 g/mol. The van der Waals surface area contributed by atoms with E-state index in [4.69, 9.17) is 23.2 Å². The molecule has 1 aliphatic heterocycles. The van der Waals surface area contributed by atoms with Gasteiger partial charge in [0, 0.05) is 16.1 Å². The van der Waals surface area contributed by atoms with Crippen LogP contribution in [-0.2, 0) is 4.79 Å². The Morgan fingerprint density at radius 2 is 1.90 bits per heavy atom. The molecule has 2 aromatic carbocycles. The van der Waals surface area contributed by atoms with Gasteiger partial charge in [-0.2, -0.15) is 0 Å². The number of carbonyl (C=O) groups excluding carboxylic acids is 1. The molecule has 0 unspecified atom stereocenters. The molecule has 1 amide bonds. The van der Waals surface area contributed by atoms with E-state index in [0.29, 0.717) is 31.4 Å². The third-order valence-corrected chi connectivity index (χ3v) is 6.89. The summed E-state index contributed by atoms with van der Waals surface area (Å²) >= 11 is 13.6. The molecule has 1 aliphatic carbocycles. The highest BCUT2D eigenvalue weighted by Gasteiger charge is 2.38. The van der Waals surface area contributed by atoms with Crippen molar-refractivity contribution in [3.63, 3.8) is 0 Å². The third-order valence-electron chi connectivity index (χ3n) is 5.34. The van der Waals surface area contributed by atoms with Gasteiger partial charge in [-0.05, 0) is 66.6 Å². The van der Waals surface area contributed by atoms with Crippen molar-refractivity contribution in [2.45, 2.75) is 38.1 Å². The molecule has 1 N–H and O–H groups in total. The highest BCUT2D eigenvalue weighted by molar-refractivity contribution is 8.18. The van der Waals surface area contributed by atoms with Crippen LogP contribution in [0.25, 0.3) is 6.08 Å². The number of aromatic carboxylic acids is 1. The minimum atomic E-state index is -1.01. The zero-order valence-electron chi connectivity index (χ0n) is 16.6. The van der Waals surface area contributed by atoms with Gasteiger partial charge in [0.15, 0.2) is 5.17 Å². The summed E-state index contributed by atoms with van der Waals surface area (Å²) < 4.78 is 0. The van der Waals surface area contributed by atoms with Crippen LogP contribution in [-0.4, -0.2) is 33.1 Å². The second-order valence-corrected chi connectivity index (χ2v) is 9.35. The number of aliphatic imine (C=N–C) groups is 1. The standard InChI is InChI=1S/C23H20Cl2N2O3S/c24-16-10-9-14(19(25)13-16)12-20-21(28)27(18-7-2-1-3-8-18)23(31-20)26-17-6-4-5-15(11-17)22(29)30/h4-6,9-13,18H,1-3,7-8H2,(H,29,30)/b20-12-,26-23?. The fourth-order valence-corrected chi connectivity index (χ4v) is 5.32. The minimum Gasteiger partial charge on any atom is -0.478 e. The van der Waals surface area contributed by atoms with E-state index in [9.17, 15) is 14.7 Å². The number of carboxylic acids is 1. The molecule has 31 heavy (non-hydrogen) atoms. The van der Waals surface area contributed by atoms with E-state index in [2.05, 4.69) is 4.99 Å². The van der Waals surface area contributed by atoms with Crippen molar-refractivity contribution in [2.75, 3.05) is 0 Å². The maximum Gasteiger partial charge on any atom is 0.335 e. The van der Waals surface area contributed by atoms with Crippen LogP contribution >= 0.6 is 35.0 Å². The number of nitrogens with zero attached hydrogens (tertiary/aromatic N) is 2. The number of benzene rings is 2. The molecule has 2 aliphatic rings. The number of rotatable bonds is 4. The van der Waals surface area contributed by atoms with Crippen LogP contribution in [0.2, 0.25) is 10.0 Å². The number of amidine groups is 1. The Morgan fingerprint density at radius 1 is 1.13 bits per heavy atom. The molecule has 0 bridgehead atoms. The molecule has 1 heterocycles. The topological polar surface area (TPSA) is 70.0 Å².